The number of hydrogen-bond donors (Lipinski definition) is 10. The molecule has 0 spiro atoms. The number of aliphatic hydroxyl groups is 2. The van der Waals surface area contributed by atoms with Crippen LogP contribution in [-0.4, -0.2) is 90.1 Å². The van der Waals surface area contributed by atoms with E-state index in [1.54, 1.807) is 0 Å². The number of carboxylic acids is 4. The largest absolute Gasteiger partial charge is 0.481 e. The molecule has 16 heteroatoms. The van der Waals surface area contributed by atoms with Crippen LogP contribution in [0.1, 0.15) is 46.0 Å². The van der Waals surface area contributed by atoms with Gasteiger partial charge in [-0.15, -0.1) is 0 Å². The number of aliphatic carboxylic acids is 4. The Labute approximate surface area is 194 Å². The van der Waals surface area contributed by atoms with Crippen LogP contribution in [0.3, 0.4) is 0 Å². The molecule has 0 saturated carbocycles. The average molecular weight is 498 g/mol. The van der Waals surface area contributed by atoms with E-state index < -0.39 is 97.5 Å². The van der Waals surface area contributed by atoms with E-state index in [2.05, 4.69) is 0 Å². The lowest BCUT2D eigenvalue weighted by atomic mass is 9.63. The summed E-state index contributed by atoms with van der Waals surface area (Å²) in [5, 5.41) is 60.5. The highest BCUT2D eigenvalue weighted by Crippen LogP contribution is 2.46. The topological polar surface area (TPSA) is 312 Å². The van der Waals surface area contributed by atoms with Crippen LogP contribution in [0.2, 0.25) is 0 Å². The monoisotopic (exact) mass is 498 g/mol. The van der Waals surface area contributed by atoms with Crippen LogP contribution in [0.5, 0.6) is 0 Å². The van der Waals surface area contributed by atoms with Crippen molar-refractivity contribution in [3.05, 3.63) is 0 Å². The van der Waals surface area contributed by atoms with E-state index in [1.165, 1.54) is 13.8 Å². The van der Waals surface area contributed by atoms with Gasteiger partial charge in [-0.1, -0.05) is 0 Å². The predicted octanol–water partition coefficient (Wildman–Crippen LogP) is -3.06. The summed E-state index contributed by atoms with van der Waals surface area (Å²) in [6.07, 6.45) is -10.3. The van der Waals surface area contributed by atoms with Gasteiger partial charge in [-0.25, -0.2) is 0 Å². The summed E-state index contributed by atoms with van der Waals surface area (Å²) in [5.74, 6) is -9.08. The smallest absolute Gasteiger partial charge is 0.307 e. The first-order valence-electron chi connectivity index (χ1n) is 9.99. The molecule has 0 aliphatic heterocycles. The third-order valence-corrected chi connectivity index (χ3v) is 4.97. The van der Waals surface area contributed by atoms with Gasteiger partial charge in [-0.2, -0.15) is 0 Å². The van der Waals surface area contributed by atoms with Gasteiger partial charge in [0.2, 0.25) is 0 Å². The fourth-order valence-corrected chi connectivity index (χ4v) is 3.91. The van der Waals surface area contributed by atoms with Crippen molar-refractivity contribution in [3.8, 4) is 0 Å². The predicted molar refractivity (Wildman–Crippen MR) is 111 cm³/mol. The number of nitrogens with two attached hydrogens (primary N) is 4. The van der Waals surface area contributed by atoms with Crippen molar-refractivity contribution in [1.29, 1.82) is 0 Å². The van der Waals surface area contributed by atoms with Gasteiger partial charge in [-0.3, -0.25) is 19.2 Å². The van der Waals surface area contributed by atoms with Crippen LogP contribution in [0, 0.1) is 5.92 Å². The summed E-state index contributed by atoms with van der Waals surface area (Å²) in [5.41, 5.74) is 14.0. The van der Waals surface area contributed by atoms with Crippen LogP contribution < -0.4 is 22.9 Å². The van der Waals surface area contributed by atoms with Crippen LogP contribution in [0.15, 0.2) is 0 Å². The molecule has 0 radical (unpaired) electrons. The Morgan fingerprint density at radius 1 is 0.794 bits per heavy atom. The lowest BCUT2D eigenvalue weighted by Crippen LogP contribution is -2.71. The molecule has 0 amide bonds. The molecule has 0 bridgehead atoms. The summed E-state index contributed by atoms with van der Waals surface area (Å²) in [7, 11) is 0. The molecule has 0 fully saturated rings. The second-order valence-corrected chi connectivity index (χ2v) is 8.18. The van der Waals surface area contributed by atoms with Gasteiger partial charge >= 0.3 is 23.9 Å². The minimum absolute atomic E-state index is 1.02. The number of ether oxygens (including phenoxy) is 2. The number of carbonyl (C=O) groups is 4. The SMILES string of the molecule is CC(N)OC(N)CC(O)(C(CC(=O)O)C(N)(CC(=O)O)OC(C)N)C(O)(CC(=O)O)CC(=O)O. The molecule has 0 aromatic carbocycles. The summed E-state index contributed by atoms with van der Waals surface area (Å²) in [4.78, 5) is 46.3. The standard InChI is InChI=1S/C18H34N4O12/c1-8(19)33-11(21)4-17(32,16(31,5-13(25)26)6-14(27)28)10(3-12(23)24)18(22,7-15(29)30)34-9(2)20/h8-11,31-32H,3-7,19-22H2,1-2H3,(H,23,24)(H,25,26)(H,27,28)(H,29,30). The van der Waals surface area contributed by atoms with Crippen LogP contribution in [-0.2, 0) is 28.7 Å². The highest BCUT2D eigenvalue weighted by atomic mass is 16.5. The normalized spacial score (nSPS) is 19.2. The van der Waals surface area contributed by atoms with Gasteiger partial charge in [0.1, 0.15) is 35.6 Å². The summed E-state index contributed by atoms with van der Waals surface area (Å²) >= 11 is 0. The molecule has 0 heterocycles. The average Bonchev–Trinajstić information content (AvgIpc) is 2.55. The zero-order chi connectivity index (χ0) is 27.1. The van der Waals surface area contributed by atoms with Crippen molar-refractivity contribution in [1.82, 2.24) is 0 Å². The first kappa shape index (κ1) is 31.6. The van der Waals surface area contributed by atoms with E-state index in [-0.39, 0.29) is 0 Å². The first-order valence-corrected chi connectivity index (χ1v) is 9.99. The highest BCUT2D eigenvalue weighted by Gasteiger charge is 2.63. The molecule has 198 valence electrons. The highest BCUT2D eigenvalue weighted by molar-refractivity contribution is 5.74. The molecule has 34 heavy (non-hydrogen) atoms. The number of hydrogen-bond acceptors (Lipinski definition) is 12. The molecule has 16 nitrogen and oxygen atoms in total. The molecule has 6 atom stereocenters. The quantitative estimate of drug-likeness (QED) is 0.0889. The van der Waals surface area contributed by atoms with E-state index in [1.807, 2.05) is 0 Å². The zero-order valence-corrected chi connectivity index (χ0v) is 18.8. The number of rotatable bonds is 17. The van der Waals surface area contributed by atoms with Crippen molar-refractivity contribution in [2.24, 2.45) is 28.9 Å². The third kappa shape index (κ3) is 9.07. The van der Waals surface area contributed by atoms with E-state index in [9.17, 15) is 49.8 Å². The van der Waals surface area contributed by atoms with E-state index in [4.69, 9.17) is 32.4 Å². The molecular weight excluding hydrogens is 464 g/mol. The zero-order valence-electron chi connectivity index (χ0n) is 18.8. The fourth-order valence-electron chi connectivity index (χ4n) is 3.91. The summed E-state index contributed by atoms with van der Waals surface area (Å²) in [6.45, 7) is 2.52. The van der Waals surface area contributed by atoms with Gasteiger partial charge in [0, 0.05) is 12.3 Å². The fraction of sp³-hybridized carbons (Fsp3) is 0.778. The summed E-state index contributed by atoms with van der Waals surface area (Å²) in [6, 6.07) is 0. The first-order chi connectivity index (χ1) is 15.3. The Bertz CT molecular complexity index is 732. The molecular formula is C18H34N4O12. The van der Waals surface area contributed by atoms with Crippen molar-refractivity contribution >= 4 is 23.9 Å². The van der Waals surface area contributed by atoms with Crippen molar-refractivity contribution in [3.63, 3.8) is 0 Å². The van der Waals surface area contributed by atoms with Gasteiger partial charge < -0.3 is 63.0 Å². The maximum atomic E-state index is 11.7. The molecule has 0 aromatic heterocycles. The minimum Gasteiger partial charge on any atom is -0.481 e. The second-order valence-electron chi connectivity index (χ2n) is 8.18. The lowest BCUT2D eigenvalue weighted by molar-refractivity contribution is -0.257. The Morgan fingerprint density at radius 2 is 1.24 bits per heavy atom. The van der Waals surface area contributed by atoms with E-state index in [0.29, 0.717) is 0 Å². The van der Waals surface area contributed by atoms with Crippen molar-refractivity contribution < 1.29 is 59.3 Å². The van der Waals surface area contributed by atoms with E-state index in [0.717, 1.165) is 0 Å². The Kier molecular flexibility index (Phi) is 11.4. The van der Waals surface area contributed by atoms with Gasteiger partial charge in [0.05, 0.1) is 25.7 Å². The Hall–Kier alpha value is -2.44. The van der Waals surface area contributed by atoms with Gasteiger partial charge in [0.15, 0.2) is 0 Å². The van der Waals surface area contributed by atoms with Crippen LogP contribution in [0.4, 0.5) is 0 Å². The summed E-state index contributed by atoms with van der Waals surface area (Å²) < 4.78 is 10.4. The van der Waals surface area contributed by atoms with Crippen LogP contribution in [0.25, 0.3) is 0 Å². The van der Waals surface area contributed by atoms with E-state index >= 15 is 0 Å². The molecule has 0 aliphatic rings. The molecule has 6 unspecified atom stereocenters. The molecule has 0 aromatic rings. The third-order valence-electron chi connectivity index (χ3n) is 4.97. The Morgan fingerprint density at radius 3 is 1.56 bits per heavy atom. The lowest BCUT2D eigenvalue weighted by Gasteiger charge is -2.52. The van der Waals surface area contributed by atoms with Crippen molar-refractivity contribution in [2.75, 3.05) is 0 Å². The second kappa shape index (κ2) is 12.3. The maximum absolute atomic E-state index is 11.7. The van der Waals surface area contributed by atoms with Crippen LogP contribution >= 0.6 is 0 Å². The molecule has 0 aliphatic carbocycles. The van der Waals surface area contributed by atoms with Gasteiger partial charge in [-0.05, 0) is 13.8 Å². The molecule has 14 N–H and O–H groups in total. The maximum Gasteiger partial charge on any atom is 0.307 e. The molecule has 0 rings (SSSR count). The van der Waals surface area contributed by atoms with Gasteiger partial charge in [0.25, 0.3) is 0 Å². The van der Waals surface area contributed by atoms with Crippen molar-refractivity contribution in [2.45, 2.75) is 81.6 Å². The minimum atomic E-state index is -3.14. The molecule has 0 saturated heterocycles. The number of carboxylic acid groups (broad SMARTS) is 4. The Balaban J connectivity index is 7.22.